The summed E-state index contributed by atoms with van der Waals surface area (Å²) in [5.74, 6) is -2.24. The maximum absolute atomic E-state index is 12.3. The molecule has 0 spiro atoms. The number of alkyl halides is 4. The van der Waals surface area contributed by atoms with Crippen LogP contribution >= 0.6 is 23.2 Å². The molecule has 1 N–H and O–H groups in total. The van der Waals surface area contributed by atoms with Gasteiger partial charge < -0.3 is 5.11 Å². The van der Waals surface area contributed by atoms with Gasteiger partial charge in [-0.3, -0.25) is 4.79 Å². The molecule has 0 fully saturated rings. The zero-order valence-corrected chi connectivity index (χ0v) is 9.12. The van der Waals surface area contributed by atoms with Gasteiger partial charge in [0.2, 0.25) is 0 Å². The second-order valence-electron chi connectivity index (χ2n) is 2.88. The summed E-state index contributed by atoms with van der Waals surface area (Å²) in [5.41, 5.74) is -1.52. The Morgan fingerprint density at radius 1 is 1.38 bits per heavy atom. The fourth-order valence-electron chi connectivity index (χ4n) is 1.08. The molecule has 1 aromatic rings. The Morgan fingerprint density at radius 2 is 1.94 bits per heavy atom. The highest BCUT2D eigenvalue weighted by atomic mass is 35.5. The van der Waals surface area contributed by atoms with Crippen LogP contribution in [0.4, 0.5) is 13.2 Å². The van der Waals surface area contributed by atoms with E-state index >= 15 is 0 Å². The molecule has 0 saturated heterocycles. The van der Waals surface area contributed by atoms with Crippen LogP contribution in [-0.4, -0.2) is 16.8 Å². The van der Waals surface area contributed by atoms with Crippen molar-refractivity contribution in [1.82, 2.24) is 0 Å². The summed E-state index contributed by atoms with van der Waals surface area (Å²) in [4.78, 5) is 11.1. The number of benzene rings is 1. The zero-order valence-electron chi connectivity index (χ0n) is 7.61. The van der Waals surface area contributed by atoms with Gasteiger partial charge in [0.25, 0.3) is 0 Å². The molecule has 0 aromatic heterocycles. The number of carbonyl (C=O) groups is 1. The molecule has 0 amide bonds. The number of ketones is 1. The van der Waals surface area contributed by atoms with E-state index in [1.807, 2.05) is 0 Å². The second-order valence-corrected chi connectivity index (χ2v) is 3.52. The molecule has 0 saturated carbocycles. The van der Waals surface area contributed by atoms with Crippen LogP contribution in [0.5, 0.6) is 5.75 Å². The van der Waals surface area contributed by atoms with E-state index in [9.17, 15) is 23.1 Å². The molecule has 7 heteroatoms. The maximum atomic E-state index is 12.3. The number of aromatic hydroxyl groups is 1. The van der Waals surface area contributed by atoms with Gasteiger partial charge in [-0.15, -0.1) is 11.6 Å². The summed E-state index contributed by atoms with van der Waals surface area (Å²) in [6.07, 6.45) is -4.73. The molecule has 0 bridgehead atoms. The topological polar surface area (TPSA) is 37.3 Å². The summed E-state index contributed by atoms with van der Waals surface area (Å²) in [6.45, 7) is 0. The first-order valence-electron chi connectivity index (χ1n) is 3.97. The van der Waals surface area contributed by atoms with Crippen LogP contribution in [0.3, 0.4) is 0 Å². The highest BCUT2D eigenvalue weighted by Crippen LogP contribution is 2.40. The Balaban J connectivity index is 3.35. The van der Waals surface area contributed by atoms with Crippen molar-refractivity contribution in [2.75, 3.05) is 5.88 Å². The summed E-state index contributed by atoms with van der Waals surface area (Å²) in [6, 6.07) is 1.47. The number of phenolic OH excluding ortho intramolecular Hbond substituents is 1. The minimum absolute atomic E-state index is 0.234. The first kappa shape index (κ1) is 13.1. The highest BCUT2D eigenvalue weighted by molar-refractivity contribution is 6.38. The predicted molar refractivity (Wildman–Crippen MR) is 53.2 cm³/mol. The summed E-state index contributed by atoms with van der Waals surface area (Å²) in [7, 11) is 0. The molecule has 0 aliphatic rings. The van der Waals surface area contributed by atoms with Crippen LogP contribution in [0.25, 0.3) is 0 Å². The summed E-state index contributed by atoms with van der Waals surface area (Å²) >= 11 is 10.7. The van der Waals surface area contributed by atoms with Crippen LogP contribution in [0.1, 0.15) is 15.9 Å². The Morgan fingerprint density at radius 3 is 2.38 bits per heavy atom. The van der Waals surface area contributed by atoms with Crippen LogP contribution in [0.15, 0.2) is 12.1 Å². The number of phenols is 1. The average molecular weight is 273 g/mol. The molecule has 16 heavy (non-hydrogen) atoms. The first-order chi connectivity index (χ1) is 7.29. The fourth-order valence-corrected chi connectivity index (χ4v) is 1.49. The molecule has 2 nitrogen and oxygen atoms in total. The molecule has 88 valence electrons. The largest absolute Gasteiger partial charge is 0.506 e. The van der Waals surface area contributed by atoms with Crippen molar-refractivity contribution in [2.24, 2.45) is 0 Å². The lowest BCUT2D eigenvalue weighted by Gasteiger charge is -2.11. The third-order valence-corrected chi connectivity index (χ3v) is 2.47. The molecule has 0 aliphatic carbocycles. The number of rotatable bonds is 2. The smallest absolute Gasteiger partial charge is 0.420 e. The Kier molecular flexibility index (Phi) is 3.70. The molecule has 0 heterocycles. The zero-order chi connectivity index (χ0) is 12.5. The number of hydrogen-bond donors (Lipinski definition) is 1. The number of carbonyl (C=O) groups excluding carboxylic acids is 1. The Bertz CT molecular complexity index is 429. The predicted octanol–water partition coefficient (Wildman–Crippen LogP) is 3.49. The van der Waals surface area contributed by atoms with Crippen molar-refractivity contribution < 1.29 is 23.1 Å². The van der Waals surface area contributed by atoms with Crippen molar-refractivity contribution in [1.29, 1.82) is 0 Å². The van der Waals surface area contributed by atoms with Gasteiger partial charge in [-0.05, 0) is 12.1 Å². The number of hydrogen-bond acceptors (Lipinski definition) is 2. The quantitative estimate of drug-likeness (QED) is 0.661. The molecule has 0 aliphatic heterocycles. The van der Waals surface area contributed by atoms with Crippen LogP contribution in [0, 0.1) is 0 Å². The van der Waals surface area contributed by atoms with Crippen molar-refractivity contribution in [2.45, 2.75) is 6.18 Å². The van der Waals surface area contributed by atoms with Gasteiger partial charge in [0.15, 0.2) is 5.78 Å². The maximum Gasteiger partial charge on any atom is 0.420 e. The third-order valence-electron chi connectivity index (χ3n) is 1.84. The fraction of sp³-hybridized carbons (Fsp3) is 0.222. The minimum atomic E-state index is -4.73. The van der Waals surface area contributed by atoms with Gasteiger partial charge in [-0.2, -0.15) is 13.2 Å². The molecule has 0 unspecified atom stereocenters. The van der Waals surface area contributed by atoms with Gasteiger partial charge in [-0.25, -0.2) is 0 Å². The van der Waals surface area contributed by atoms with Crippen LogP contribution in [0.2, 0.25) is 5.02 Å². The standard InChI is InChI=1S/C9H5Cl2F3O2/c10-3-6(15)4-1-2-5(9(12,13)14)8(16)7(4)11/h1-2,16H,3H2. The highest BCUT2D eigenvalue weighted by Gasteiger charge is 2.35. The van der Waals surface area contributed by atoms with E-state index in [1.54, 1.807) is 0 Å². The molecule has 1 rings (SSSR count). The first-order valence-corrected chi connectivity index (χ1v) is 4.88. The third kappa shape index (κ3) is 2.41. The van der Waals surface area contributed by atoms with Crippen molar-refractivity contribution in [3.63, 3.8) is 0 Å². The van der Waals surface area contributed by atoms with E-state index in [-0.39, 0.29) is 5.56 Å². The SMILES string of the molecule is O=C(CCl)c1ccc(C(F)(F)F)c(O)c1Cl. The van der Waals surface area contributed by atoms with E-state index in [4.69, 9.17) is 23.2 Å². The molecule has 0 atom stereocenters. The second kappa shape index (κ2) is 4.51. The summed E-state index contributed by atoms with van der Waals surface area (Å²) < 4.78 is 36.9. The van der Waals surface area contributed by atoms with Gasteiger partial charge in [0, 0.05) is 5.56 Å². The minimum Gasteiger partial charge on any atom is -0.506 e. The van der Waals surface area contributed by atoms with Gasteiger partial charge >= 0.3 is 6.18 Å². The van der Waals surface area contributed by atoms with Crippen molar-refractivity contribution >= 4 is 29.0 Å². The number of Topliss-reactive ketones (excluding diaryl/α,β-unsaturated/α-hetero) is 1. The Hall–Kier alpha value is -0.940. The van der Waals surface area contributed by atoms with E-state index < -0.39 is 34.2 Å². The van der Waals surface area contributed by atoms with Crippen molar-refractivity contribution in [3.8, 4) is 5.75 Å². The van der Waals surface area contributed by atoms with Gasteiger partial charge in [0.05, 0.1) is 16.5 Å². The molecular weight excluding hydrogens is 268 g/mol. The summed E-state index contributed by atoms with van der Waals surface area (Å²) in [5, 5.41) is 8.57. The lowest BCUT2D eigenvalue weighted by atomic mass is 10.1. The molecular formula is C9H5Cl2F3O2. The van der Waals surface area contributed by atoms with E-state index in [2.05, 4.69) is 0 Å². The van der Waals surface area contributed by atoms with Crippen LogP contribution in [-0.2, 0) is 6.18 Å². The molecule has 1 aromatic carbocycles. The monoisotopic (exact) mass is 272 g/mol. The Labute approximate surface area is 98.6 Å². The van der Waals surface area contributed by atoms with E-state index in [0.29, 0.717) is 6.07 Å². The van der Waals surface area contributed by atoms with E-state index in [0.717, 1.165) is 6.07 Å². The number of halogens is 5. The molecule has 0 radical (unpaired) electrons. The average Bonchev–Trinajstić information content (AvgIpc) is 2.19. The normalized spacial score (nSPS) is 11.6. The van der Waals surface area contributed by atoms with Gasteiger partial charge in [0.1, 0.15) is 5.75 Å². The lowest BCUT2D eigenvalue weighted by molar-refractivity contribution is -0.138. The van der Waals surface area contributed by atoms with E-state index in [1.165, 1.54) is 0 Å². The van der Waals surface area contributed by atoms with Gasteiger partial charge in [-0.1, -0.05) is 11.6 Å². The van der Waals surface area contributed by atoms with Crippen LogP contribution < -0.4 is 0 Å². The lowest BCUT2D eigenvalue weighted by Crippen LogP contribution is -2.08. The van der Waals surface area contributed by atoms with Crippen molar-refractivity contribution in [3.05, 3.63) is 28.3 Å².